The van der Waals surface area contributed by atoms with E-state index in [1.54, 1.807) is 0 Å². The average molecular weight is 418 g/mol. The molecule has 0 bridgehead atoms. The van der Waals surface area contributed by atoms with E-state index in [2.05, 4.69) is 0 Å². The summed E-state index contributed by atoms with van der Waals surface area (Å²) in [7, 11) is 0. The molecule has 0 saturated heterocycles. The second-order valence-electron chi connectivity index (χ2n) is 0. The van der Waals surface area contributed by atoms with Crippen LogP contribution in [0.2, 0.25) is 0 Å². The molecule has 0 fully saturated rings. The molecule has 0 atom stereocenters. The molecule has 0 aliphatic carbocycles. The minimum absolute atomic E-state index is 0. The third-order valence-corrected chi connectivity index (χ3v) is 0. The van der Waals surface area contributed by atoms with Crippen molar-refractivity contribution in [2.75, 3.05) is 0 Å². The van der Waals surface area contributed by atoms with Gasteiger partial charge in [-0.1, -0.05) is 0 Å². The van der Waals surface area contributed by atoms with Gasteiger partial charge in [0, 0.05) is 25.8 Å². The van der Waals surface area contributed by atoms with Gasteiger partial charge in [0.2, 0.25) is 0 Å². The van der Waals surface area contributed by atoms with Gasteiger partial charge in [0.15, 0.2) is 0 Å². The predicted molar refractivity (Wildman–Crippen MR) is 0 cm³/mol. The van der Waals surface area contributed by atoms with Crippen LogP contribution in [0.5, 0.6) is 0 Å². The Bertz CT molecular complexity index is 3.25. The van der Waals surface area contributed by atoms with Gasteiger partial charge in [-0.3, -0.25) is 0 Å². The average Bonchev–Trinajstić information content (AvgIpc) is 0. The first-order valence-electron chi connectivity index (χ1n) is 0. The fraction of sp³-hybridized carbons (Fsp3) is 0. The van der Waals surface area contributed by atoms with E-state index in [-0.39, 0.29) is 76.8 Å². The van der Waals surface area contributed by atoms with E-state index in [0.717, 1.165) is 0 Å². The second-order valence-corrected chi connectivity index (χ2v) is 0. The van der Waals surface area contributed by atoms with Crippen LogP contribution in [0.1, 0.15) is 0 Å². The van der Waals surface area contributed by atoms with E-state index in [1.807, 2.05) is 0 Å². The van der Waals surface area contributed by atoms with Crippen molar-refractivity contribution in [3.8, 4) is 0 Å². The zero-order valence-corrected chi connectivity index (χ0v) is 9.98. The maximum Gasteiger partial charge on any atom is 0 e. The topological polar surface area (TPSA) is 0 Å². The van der Waals surface area contributed by atoms with Crippen molar-refractivity contribution in [1.29, 1.82) is 0 Å². The smallest absolute Gasteiger partial charge is 0 e. The third-order valence-electron chi connectivity index (χ3n) is 0. The maximum absolute atomic E-state index is 0. The molecular formula is Br3Hf-3. The van der Waals surface area contributed by atoms with E-state index < -0.39 is 0 Å². The molecule has 0 aromatic carbocycles. The van der Waals surface area contributed by atoms with Crippen molar-refractivity contribution < 1.29 is 76.8 Å². The van der Waals surface area contributed by atoms with Gasteiger partial charge in [-0.25, -0.2) is 0 Å². The van der Waals surface area contributed by atoms with Gasteiger partial charge < -0.3 is 50.9 Å². The maximum atomic E-state index is 0. The van der Waals surface area contributed by atoms with Crippen LogP contribution in [0.25, 0.3) is 0 Å². The summed E-state index contributed by atoms with van der Waals surface area (Å²) in [4.78, 5) is 0. The Morgan fingerprint density at radius 2 is 0.500 bits per heavy atom. The van der Waals surface area contributed by atoms with Crippen molar-refractivity contribution in [2.45, 2.75) is 0 Å². The molecule has 4 heavy (non-hydrogen) atoms. The Hall–Kier alpha value is 2.31. The largest absolute Gasteiger partial charge is 1.00 e. The van der Waals surface area contributed by atoms with Crippen LogP contribution in [0.4, 0.5) is 0 Å². The summed E-state index contributed by atoms with van der Waals surface area (Å²) in [5.41, 5.74) is 0. The fourth-order valence-electron chi connectivity index (χ4n) is 0. The molecule has 0 amide bonds. The molecule has 0 rings (SSSR count). The summed E-state index contributed by atoms with van der Waals surface area (Å²) in [6, 6.07) is 0. The third kappa shape index (κ3) is 8.85. The first kappa shape index (κ1) is 33.3. The van der Waals surface area contributed by atoms with Gasteiger partial charge in [-0.15, -0.1) is 0 Å². The van der Waals surface area contributed by atoms with Crippen molar-refractivity contribution in [1.82, 2.24) is 0 Å². The summed E-state index contributed by atoms with van der Waals surface area (Å²) >= 11 is 0. The van der Waals surface area contributed by atoms with Gasteiger partial charge in [-0.2, -0.15) is 0 Å². The predicted octanol–water partition coefficient (Wildman–Crippen LogP) is -8.99. The number of halogens is 3. The van der Waals surface area contributed by atoms with Crippen LogP contribution in [0.15, 0.2) is 0 Å². The summed E-state index contributed by atoms with van der Waals surface area (Å²) in [5, 5.41) is 0. The normalized spacial score (nSPS) is 0. The van der Waals surface area contributed by atoms with E-state index >= 15 is 0 Å². The number of hydrogen-bond donors (Lipinski definition) is 0. The van der Waals surface area contributed by atoms with Crippen LogP contribution < -0.4 is 50.9 Å². The minimum Gasteiger partial charge on any atom is -1.00 e. The van der Waals surface area contributed by atoms with Crippen molar-refractivity contribution in [3.63, 3.8) is 0 Å². The molecule has 0 aromatic heterocycles. The molecule has 0 aliphatic heterocycles. The van der Waals surface area contributed by atoms with E-state index in [0.29, 0.717) is 0 Å². The Morgan fingerprint density at radius 1 is 0.500 bits per heavy atom. The minimum atomic E-state index is 0. The van der Waals surface area contributed by atoms with Crippen LogP contribution >= 0.6 is 0 Å². The monoisotopic (exact) mass is 417 g/mol. The van der Waals surface area contributed by atoms with Gasteiger partial charge in [0.25, 0.3) is 0 Å². The molecule has 0 heterocycles. The molecule has 0 unspecified atom stereocenters. The Labute approximate surface area is 75.8 Å². The molecule has 0 saturated carbocycles. The molecule has 0 N–H and O–H groups in total. The van der Waals surface area contributed by atoms with Gasteiger partial charge in [0.05, 0.1) is 0 Å². The van der Waals surface area contributed by atoms with Crippen LogP contribution in [-0.4, -0.2) is 0 Å². The standard InChI is InChI=1S/3BrH.Hf/h3*1H;/p-3. The zero-order chi connectivity index (χ0) is 0. The summed E-state index contributed by atoms with van der Waals surface area (Å²) in [6.45, 7) is 0. The molecule has 0 aliphatic rings. The number of hydrogen-bond acceptors (Lipinski definition) is 0. The van der Waals surface area contributed by atoms with Crippen LogP contribution in [0.3, 0.4) is 0 Å². The molecule has 0 nitrogen and oxygen atoms in total. The molecule has 0 spiro atoms. The Morgan fingerprint density at radius 3 is 0.500 bits per heavy atom. The molecule has 28 valence electrons. The SMILES string of the molecule is [Br-].[Br-].[Br-].[Hf]. The summed E-state index contributed by atoms with van der Waals surface area (Å²) in [6.07, 6.45) is 0. The van der Waals surface area contributed by atoms with E-state index in [4.69, 9.17) is 0 Å². The molecule has 0 radical (unpaired) electrons. The molecular weight excluding hydrogens is 418 g/mol. The van der Waals surface area contributed by atoms with Crippen molar-refractivity contribution in [3.05, 3.63) is 0 Å². The van der Waals surface area contributed by atoms with Gasteiger partial charge >= 0.3 is 0 Å². The second kappa shape index (κ2) is 18.5. The van der Waals surface area contributed by atoms with Crippen molar-refractivity contribution in [2.24, 2.45) is 0 Å². The van der Waals surface area contributed by atoms with Crippen LogP contribution in [0, 0.1) is 0 Å². The molecule has 0 aromatic rings. The van der Waals surface area contributed by atoms with Crippen molar-refractivity contribution >= 4 is 0 Å². The molecule has 4 heteroatoms. The zero-order valence-electron chi connectivity index (χ0n) is 1.63. The van der Waals surface area contributed by atoms with Gasteiger partial charge in [0.1, 0.15) is 0 Å². The summed E-state index contributed by atoms with van der Waals surface area (Å²) < 4.78 is 0. The summed E-state index contributed by atoms with van der Waals surface area (Å²) in [5.74, 6) is 0. The van der Waals surface area contributed by atoms with Gasteiger partial charge in [-0.05, 0) is 0 Å². The fourth-order valence-corrected chi connectivity index (χ4v) is 0. The van der Waals surface area contributed by atoms with E-state index in [9.17, 15) is 0 Å². The first-order valence-corrected chi connectivity index (χ1v) is 0. The number of rotatable bonds is 0. The Kier molecular flexibility index (Phi) is 154. The Balaban J connectivity index is 0. The quantitative estimate of drug-likeness (QED) is 0.343. The van der Waals surface area contributed by atoms with E-state index in [1.165, 1.54) is 0 Å². The van der Waals surface area contributed by atoms with Crippen LogP contribution in [-0.2, 0) is 25.8 Å². The first-order chi connectivity index (χ1) is 0.